The molecule has 0 aromatic carbocycles. The lowest BCUT2D eigenvalue weighted by Gasteiger charge is -2.22. The Morgan fingerprint density at radius 3 is 2.85 bits per heavy atom. The molecule has 0 radical (unpaired) electrons. The first-order chi connectivity index (χ1) is 9.55. The Kier molecular flexibility index (Phi) is 4.13. The molecule has 20 heavy (non-hydrogen) atoms. The van der Waals surface area contributed by atoms with Crippen molar-refractivity contribution in [2.24, 2.45) is 5.92 Å². The van der Waals surface area contributed by atoms with Crippen LogP contribution in [0.4, 0.5) is 0 Å². The van der Waals surface area contributed by atoms with Crippen LogP contribution < -0.4 is 5.32 Å². The van der Waals surface area contributed by atoms with E-state index in [1.54, 1.807) is 6.92 Å². The number of hydrogen-bond acceptors (Lipinski definition) is 6. The SMILES string of the molecule is C[C@](C#N)(NC(=O)COC(=O)C1=COCCO1)C1CC1. The van der Waals surface area contributed by atoms with Gasteiger partial charge in [-0.05, 0) is 25.7 Å². The Morgan fingerprint density at radius 2 is 2.30 bits per heavy atom. The van der Waals surface area contributed by atoms with Gasteiger partial charge >= 0.3 is 5.97 Å². The van der Waals surface area contributed by atoms with Gasteiger partial charge in [0.1, 0.15) is 25.0 Å². The van der Waals surface area contributed by atoms with Crippen LogP contribution in [0.5, 0.6) is 0 Å². The van der Waals surface area contributed by atoms with Gasteiger partial charge in [-0.1, -0.05) is 0 Å². The van der Waals surface area contributed by atoms with Crippen molar-refractivity contribution < 1.29 is 23.8 Å². The summed E-state index contributed by atoms with van der Waals surface area (Å²) in [6, 6.07) is 2.09. The fourth-order valence-electron chi connectivity index (χ4n) is 1.89. The lowest BCUT2D eigenvalue weighted by Crippen LogP contribution is -2.48. The molecule has 0 saturated heterocycles. The zero-order valence-electron chi connectivity index (χ0n) is 11.2. The molecule has 1 fully saturated rings. The van der Waals surface area contributed by atoms with Crippen LogP contribution in [0.15, 0.2) is 12.0 Å². The second-order valence-electron chi connectivity index (χ2n) is 4.91. The molecule has 0 aromatic heterocycles. The summed E-state index contributed by atoms with van der Waals surface area (Å²) in [5.74, 6) is -1.16. The predicted octanol–water partition coefficient (Wildman–Crippen LogP) is 0.226. The molecule has 1 saturated carbocycles. The summed E-state index contributed by atoms with van der Waals surface area (Å²) in [7, 11) is 0. The molecule has 0 unspecified atom stereocenters. The molecule has 2 rings (SSSR count). The lowest BCUT2D eigenvalue weighted by molar-refractivity contribution is -0.149. The molecule has 2 aliphatic rings. The second kappa shape index (κ2) is 5.82. The Hall–Kier alpha value is -2.23. The summed E-state index contributed by atoms with van der Waals surface area (Å²) in [6.45, 7) is 1.86. The zero-order valence-corrected chi connectivity index (χ0v) is 11.2. The molecule has 1 atom stereocenters. The fraction of sp³-hybridized carbons (Fsp3) is 0.615. The van der Waals surface area contributed by atoms with Gasteiger partial charge < -0.3 is 19.5 Å². The van der Waals surface area contributed by atoms with Crippen LogP contribution in [-0.2, 0) is 23.8 Å². The lowest BCUT2D eigenvalue weighted by atomic mass is 9.98. The molecule has 7 nitrogen and oxygen atoms in total. The van der Waals surface area contributed by atoms with Crippen LogP contribution in [0.2, 0.25) is 0 Å². The molecular weight excluding hydrogens is 264 g/mol. The van der Waals surface area contributed by atoms with Gasteiger partial charge in [0.05, 0.1) is 6.07 Å². The third-order valence-corrected chi connectivity index (χ3v) is 3.21. The van der Waals surface area contributed by atoms with Crippen LogP contribution in [0.25, 0.3) is 0 Å². The highest BCUT2D eigenvalue weighted by Gasteiger charge is 2.43. The zero-order chi connectivity index (χ0) is 14.6. The monoisotopic (exact) mass is 280 g/mol. The quantitative estimate of drug-likeness (QED) is 0.724. The maximum absolute atomic E-state index is 11.7. The van der Waals surface area contributed by atoms with Gasteiger partial charge in [-0.25, -0.2) is 4.79 Å². The van der Waals surface area contributed by atoms with E-state index in [1.807, 2.05) is 0 Å². The third-order valence-electron chi connectivity index (χ3n) is 3.21. The van der Waals surface area contributed by atoms with Crippen LogP contribution in [-0.4, -0.2) is 37.2 Å². The van der Waals surface area contributed by atoms with Crippen molar-refractivity contribution in [2.45, 2.75) is 25.3 Å². The topological polar surface area (TPSA) is 97.7 Å². The number of carbonyl (C=O) groups excluding carboxylic acids is 2. The fourth-order valence-corrected chi connectivity index (χ4v) is 1.89. The Bertz CT molecular complexity index is 478. The van der Waals surface area contributed by atoms with E-state index in [0.29, 0.717) is 6.61 Å². The first kappa shape index (κ1) is 14.2. The number of nitriles is 1. The second-order valence-corrected chi connectivity index (χ2v) is 4.91. The first-order valence-corrected chi connectivity index (χ1v) is 6.39. The Balaban J connectivity index is 1.79. The van der Waals surface area contributed by atoms with Gasteiger partial charge in [-0.2, -0.15) is 5.26 Å². The number of carbonyl (C=O) groups is 2. The number of nitrogens with one attached hydrogen (secondary N) is 1. The predicted molar refractivity (Wildman–Crippen MR) is 65.8 cm³/mol. The van der Waals surface area contributed by atoms with Crippen molar-refractivity contribution in [3.05, 3.63) is 12.0 Å². The van der Waals surface area contributed by atoms with Gasteiger partial charge in [-0.15, -0.1) is 0 Å². The van der Waals surface area contributed by atoms with Gasteiger partial charge in [0, 0.05) is 0 Å². The van der Waals surface area contributed by atoms with Crippen molar-refractivity contribution in [3.8, 4) is 6.07 Å². The number of esters is 1. The highest BCUT2D eigenvalue weighted by atomic mass is 16.6. The van der Waals surface area contributed by atoms with Gasteiger partial charge in [-0.3, -0.25) is 4.79 Å². The van der Waals surface area contributed by atoms with E-state index in [2.05, 4.69) is 11.4 Å². The highest BCUT2D eigenvalue weighted by molar-refractivity contribution is 5.88. The number of ether oxygens (including phenoxy) is 3. The van der Waals surface area contributed by atoms with E-state index in [9.17, 15) is 9.59 Å². The maximum atomic E-state index is 11.7. The average Bonchev–Trinajstić information content (AvgIpc) is 3.30. The molecular formula is C13H16N2O5. The molecule has 7 heteroatoms. The van der Waals surface area contributed by atoms with Crippen LogP contribution in [0.3, 0.4) is 0 Å². The number of rotatable bonds is 5. The van der Waals surface area contributed by atoms with E-state index < -0.39 is 24.0 Å². The molecule has 1 aliphatic heterocycles. The highest BCUT2D eigenvalue weighted by Crippen LogP contribution is 2.39. The average molecular weight is 280 g/mol. The Labute approximate surface area is 116 Å². The minimum absolute atomic E-state index is 0.0608. The minimum atomic E-state index is -0.896. The van der Waals surface area contributed by atoms with E-state index in [-0.39, 0.29) is 18.3 Å². The standard InChI is InChI=1S/C13H16N2O5/c1-13(8-14,9-2-3-9)15-11(16)7-20-12(17)10-6-18-4-5-19-10/h6,9H,2-5,7H2,1H3,(H,15,16)/t13-/m1/s1. The van der Waals surface area contributed by atoms with Gasteiger partial charge in [0.25, 0.3) is 5.91 Å². The molecule has 0 spiro atoms. The molecule has 1 N–H and O–H groups in total. The van der Waals surface area contributed by atoms with Crippen molar-refractivity contribution in [2.75, 3.05) is 19.8 Å². The summed E-state index contributed by atoms with van der Waals surface area (Å²) in [6.07, 6.45) is 3.00. The normalized spacial score (nSPS) is 20.3. The van der Waals surface area contributed by atoms with E-state index in [0.717, 1.165) is 19.1 Å². The molecule has 1 aliphatic carbocycles. The minimum Gasteiger partial charge on any atom is -0.493 e. The molecule has 0 aromatic rings. The van der Waals surface area contributed by atoms with Crippen molar-refractivity contribution in [1.29, 1.82) is 5.26 Å². The number of nitrogens with zero attached hydrogens (tertiary/aromatic N) is 1. The summed E-state index contributed by atoms with van der Waals surface area (Å²) >= 11 is 0. The summed E-state index contributed by atoms with van der Waals surface area (Å²) < 4.78 is 14.7. The third kappa shape index (κ3) is 3.41. The summed E-state index contributed by atoms with van der Waals surface area (Å²) in [5.41, 5.74) is -0.896. The van der Waals surface area contributed by atoms with Gasteiger partial charge in [0.15, 0.2) is 6.61 Å². The largest absolute Gasteiger partial charge is 0.493 e. The number of amides is 1. The molecule has 108 valence electrons. The van der Waals surface area contributed by atoms with Crippen molar-refractivity contribution >= 4 is 11.9 Å². The maximum Gasteiger partial charge on any atom is 0.377 e. The van der Waals surface area contributed by atoms with Crippen LogP contribution >= 0.6 is 0 Å². The van der Waals surface area contributed by atoms with Crippen LogP contribution in [0, 0.1) is 17.2 Å². The van der Waals surface area contributed by atoms with Crippen molar-refractivity contribution in [1.82, 2.24) is 5.32 Å². The summed E-state index contributed by atoms with van der Waals surface area (Å²) in [5, 5.41) is 11.7. The van der Waals surface area contributed by atoms with Gasteiger partial charge in [0.2, 0.25) is 5.76 Å². The van der Waals surface area contributed by atoms with Crippen LogP contribution in [0.1, 0.15) is 19.8 Å². The molecule has 1 amide bonds. The van der Waals surface area contributed by atoms with Crippen molar-refractivity contribution in [3.63, 3.8) is 0 Å². The summed E-state index contributed by atoms with van der Waals surface area (Å²) in [4.78, 5) is 23.2. The number of hydrogen-bond donors (Lipinski definition) is 1. The first-order valence-electron chi connectivity index (χ1n) is 6.39. The van der Waals surface area contributed by atoms with E-state index >= 15 is 0 Å². The smallest absolute Gasteiger partial charge is 0.377 e. The van der Waals surface area contributed by atoms with E-state index in [4.69, 9.17) is 19.5 Å². The molecule has 0 bridgehead atoms. The van der Waals surface area contributed by atoms with E-state index in [1.165, 1.54) is 0 Å². The Morgan fingerprint density at radius 1 is 1.55 bits per heavy atom. The molecule has 1 heterocycles.